The van der Waals surface area contributed by atoms with Crippen LogP contribution in [0.2, 0.25) is 0 Å². The van der Waals surface area contributed by atoms with Crippen LogP contribution in [-0.4, -0.2) is 44.2 Å². The number of nitrogens with one attached hydrogen (secondary N) is 1. The predicted molar refractivity (Wildman–Crippen MR) is 56.0 cm³/mol. The third-order valence-corrected chi connectivity index (χ3v) is 3.55. The molecule has 0 bridgehead atoms. The molecule has 4 nitrogen and oxygen atoms in total. The van der Waals surface area contributed by atoms with Crippen LogP contribution in [0.5, 0.6) is 0 Å². The van der Waals surface area contributed by atoms with Crippen LogP contribution >= 0.6 is 0 Å². The highest BCUT2D eigenvalue weighted by atomic mass is 32.2. The van der Waals surface area contributed by atoms with Crippen LogP contribution in [0.25, 0.3) is 0 Å². The van der Waals surface area contributed by atoms with Gasteiger partial charge >= 0.3 is 0 Å². The molecule has 14 heavy (non-hydrogen) atoms. The van der Waals surface area contributed by atoms with Gasteiger partial charge in [-0.2, -0.15) is 0 Å². The molecule has 0 aromatic rings. The Kier molecular flexibility index (Phi) is 4.34. The van der Waals surface area contributed by atoms with Crippen LogP contribution in [0.15, 0.2) is 0 Å². The van der Waals surface area contributed by atoms with E-state index in [9.17, 15) is 13.5 Å². The Bertz CT molecular complexity index is 263. The minimum atomic E-state index is -2.89. The molecule has 1 saturated carbocycles. The first-order valence-corrected chi connectivity index (χ1v) is 7.14. The van der Waals surface area contributed by atoms with Gasteiger partial charge < -0.3 is 10.4 Å². The van der Waals surface area contributed by atoms with E-state index in [1.54, 1.807) is 0 Å². The smallest absolute Gasteiger partial charge is 0.148 e. The molecular weight excluding hydrogens is 202 g/mol. The Labute approximate surface area is 85.6 Å². The summed E-state index contributed by atoms with van der Waals surface area (Å²) >= 11 is 0. The number of sulfone groups is 1. The van der Waals surface area contributed by atoms with Gasteiger partial charge in [0.05, 0.1) is 11.9 Å². The first kappa shape index (κ1) is 11.9. The summed E-state index contributed by atoms with van der Waals surface area (Å²) in [4.78, 5) is 0. The summed E-state index contributed by atoms with van der Waals surface area (Å²) in [6.45, 7) is 0.445. The Morgan fingerprint density at radius 2 is 2.00 bits per heavy atom. The van der Waals surface area contributed by atoms with Crippen LogP contribution in [0.3, 0.4) is 0 Å². The summed E-state index contributed by atoms with van der Waals surface area (Å²) in [5.74, 6) is 0.149. The SMILES string of the molecule is CS(=O)(=O)CCN[C@@H]1CCCC[C@H]1O. The lowest BCUT2D eigenvalue weighted by molar-refractivity contribution is 0.0921. The summed E-state index contributed by atoms with van der Waals surface area (Å²) in [6.07, 6.45) is 4.90. The zero-order valence-corrected chi connectivity index (χ0v) is 9.39. The molecule has 0 saturated heterocycles. The Hall–Kier alpha value is -0.130. The van der Waals surface area contributed by atoms with Crippen LogP contribution in [0.1, 0.15) is 25.7 Å². The van der Waals surface area contributed by atoms with Gasteiger partial charge in [0.2, 0.25) is 0 Å². The van der Waals surface area contributed by atoms with Gasteiger partial charge in [-0.15, -0.1) is 0 Å². The predicted octanol–water partition coefficient (Wildman–Crippen LogP) is -0.0759. The van der Waals surface area contributed by atoms with E-state index in [0.29, 0.717) is 6.54 Å². The minimum Gasteiger partial charge on any atom is -0.392 e. The van der Waals surface area contributed by atoms with Crippen molar-refractivity contribution in [2.75, 3.05) is 18.6 Å². The van der Waals surface area contributed by atoms with Gasteiger partial charge in [0, 0.05) is 18.8 Å². The second-order valence-electron chi connectivity index (χ2n) is 4.04. The average molecular weight is 221 g/mol. The highest BCUT2D eigenvalue weighted by molar-refractivity contribution is 7.90. The van der Waals surface area contributed by atoms with Crippen LogP contribution < -0.4 is 5.32 Å². The zero-order valence-electron chi connectivity index (χ0n) is 8.57. The number of aliphatic hydroxyl groups excluding tert-OH is 1. The van der Waals surface area contributed by atoms with Crippen molar-refractivity contribution in [1.29, 1.82) is 0 Å². The van der Waals surface area contributed by atoms with Gasteiger partial charge in [0.25, 0.3) is 0 Å². The van der Waals surface area contributed by atoms with E-state index in [2.05, 4.69) is 5.32 Å². The van der Waals surface area contributed by atoms with Crippen molar-refractivity contribution in [3.8, 4) is 0 Å². The third-order valence-electron chi connectivity index (χ3n) is 2.61. The van der Waals surface area contributed by atoms with Crippen LogP contribution in [0, 0.1) is 0 Å². The van der Waals surface area contributed by atoms with Crippen LogP contribution in [-0.2, 0) is 9.84 Å². The fraction of sp³-hybridized carbons (Fsp3) is 1.00. The monoisotopic (exact) mass is 221 g/mol. The summed E-state index contributed by atoms with van der Waals surface area (Å²) in [5.41, 5.74) is 0. The van der Waals surface area contributed by atoms with Crippen molar-refractivity contribution in [3.05, 3.63) is 0 Å². The molecule has 0 unspecified atom stereocenters. The molecule has 0 radical (unpaired) electrons. The molecule has 0 aromatic carbocycles. The molecule has 1 aliphatic carbocycles. The third kappa shape index (κ3) is 4.39. The quantitative estimate of drug-likeness (QED) is 0.697. The van der Waals surface area contributed by atoms with Gasteiger partial charge in [-0.05, 0) is 12.8 Å². The summed E-state index contributed by atoms with van der Waals surface area (Å²) in [7, 11) is -2.89. The maximum absolute atomic E-state index is 10.9. The molecule has 1 fully saturated rings. The van der Waals surface area contributed by atoms with E-state index >= 15 is 0 Å². The zero-order chi connectivity index (χ0) is 10.6. The summed E-state index contributed by atoms with van der Waals surface area (Å²) < 4.78 is 21.7. The Balaban J connectivity index is 2.23. The van der Waals surface area contributed by atoms with E-state index in [4.69, 9.17) is 0 Å². The first-order valence-electron chi connectivity index (χ1n) is 5.08. The maximum atomic E-state index is 10.9. The second-order valence-corrected chi connectivity index (χ2v) is 6.30. The molecule has 2 N–H and O–H groups in total. The molecule has 1 aliphatic rings. The molecule has 0 aliphatic heterocycles. The normalized spacial score (nSPS) is 29.0. The van der Waals surface area contributed by atoms with Gasteiger partial charge in [-0.1, -0.05) is 12.8 Å². The number of aliphatic hydroxyl groups is 1. The van der Waals surface area contributed by atoms with Gasteiger partial charge in [0.15, 0.2) is 0 Å². The maximum Gasteiger partial charge on any atom is 0.148 e. The van der Waals surface area contributed by atoms with Crippen molar-refractivity contribution in [1.82, 2.24) is 5.32 Å². The highest BCUT2D eigenvalue weighted by Gasteiger charge is 2.22. The van der Waals surface area contributed by atoms with Crippen molar-refractivity contribution >= 4 is 9.84 Å². The molecule has 5 heteroatoms. The Morgan fingerprint density at radius 1 is 1.36 bits per heavy atom. The van der Waals surface area contributed by atoms with Gasteiger partial charge in [-0.25, -0.2) is 8.42 Å². The highest BCUT2D eigenvalue weighted by Crippen LogP contribution is 2.17. The number of hydrogen-bond acceptors (Lipinski definition) is 4. The van der Waals surface area contributed by atoms with Gasteiger partial charge in [-0.3, -0.25) is 0 Å². The van der Waals surface area contributed by atoms with E-state index in [1.165, 1.54) is 6.26 Å². The molecular formula is C9H19NO3S. The van der Waals surface area contributed by atoms with E-state index in [0.717, 1.165) is 25.7 Å². The lowest BCUT2D eigenvalue weighted by Gasteiger charge is -2.28. The average Bonchev–Trinajstić information content (AvgIpc) is 2.06. The number of hydrogen-bond donors (Lipinski definition) is 2. The first-order chi connectivity index (χ1) is 6.49. The van der Waals surface area contributed by atoms with Gasteiger partial charge in [0.1, 0.15) is 9.84 Å². The summed E-state index contributed by atoms with van der Waals surface area (Å²) in [5, 5.41) is 12.7. The van der Waals surface area contributed by atoms with Crippen molar-refractivity contribution in [2.24, 2.45) is 0 Å². The minimum absolute atomic E-state index is 0.0884. The lowest BCUT2D eigenvalue weighted by Crippen LogP contribution is -2.43. The molecule has 1 rings (SSSR count). The van der Waals surface area contributed by atoms with E-state index in [1.807, 2.05) is 0 Å². The standard InChI is InChI=1S/C9H19NO3S/c1-14(12,13)7-6-10-8-4-2-3-5-9(8)11/h8-11H,2-7H2,1H3/t8-,9-/m1/s1. The molecule has 84 valence electrons. The lowest BCUT2D eigenvalue weighted by atomic mass is 9.93. The topological polar surface area (TPSA) is 66.4 Å². The second kappa shape index (κ2) is 5.09. The molecule has 0 spiro atoms. The van der Waals surface area contributed by atoms with E-state index in [-0.39, 0.29) is 17.9 Å². The van der Waals surface area contributed by atoms with Crippen molar-refractivity contribution in [2.45, 2.75) is 37.8 Å². The molecule has 2 atom stereocenters. The van der Waals surface area contributed by atoms with Crippen molar-refractivity contribution < 1.29 is 13.5 Å². The van der Waals surface area contributed by atoms with Crippen molar-refractivity contribution in [3.63, 3.8) is 0 Å². The fourth-order valence-electron chi connectivity index (χ4n) is 1.78. The Morgan fingerprint density at radius 3 is 2.57 bits per heavy atom. The molecule has 0 heterocycles. The number of rotatable bonds is 4. The fourth-order valence-corrected chi connectivity index (χ4v) is 2.27. The molecule has 0 amide bonds. The summed E-state index contributed by atoms with van der Waals surface area (Å²) in [6, 6.07) is 0.0884. The molecule has 0 aromatic heterocycles. The van der Waals surface area contributed by atoms with E-state index < -0.39 is 9.84 Å². The van der Waals surface area contributed by atoms with Crippen LogP contribution in [0.4, 0.5) is 0 Å². The largest absolute Gasteiger partial charge is 0.392 e.